The fourth-order valence-electron chi connectivity index (χ4n) is 3.51. The van der Waals surface area contributed by atoms with Gasteiger partial charge in [0.1, 0.15) is 0 Å². The van der Waals surface area contributed by atoms with Crippen LogP contribution in [-0.4, -0.2) is 40.4 Å². The van der Waals surface area contributed by atoms with Crippen molar-refractivity contribution in [2.45, 2.75) is 62.8 Å². The third-order valence-electron chi connectivity index (χ3n) is 5.02. The lowest BCUT2D eigenvalue weighted by Crippen LogP contribution is -2.36. The molecular weight excluding hydrogens is 398 g/mol. The van der Waals surface area contributed by atoms with Crippen LogP contribution >= 0.6 is 27.7 Å². The maximum atomic E-state index is 12.4. The Hall–Kier alpha value is -1.01. The lowest BCUT2D eigenvalue weighted by atomic mass is 9.96. The third-order valence-corrected chi connectivity index (χ3v) is 6.84. The topological polar surface area (TPSA) is 44.7 Å². The van der Waals surface area contributed by atoms with Gasteiger partial charge in [-0.2, -0.15) is 0 Å². The lowest BCUT2D eigenvalue weighted by molar-refractivity contribution is -0.117. The Morgan fingerprint density at radius 2 is 1.96 bits per heavy atom. The van der Waals surface area contributed by atoms with E-state index in [1.807, 2.05) is 36.0 Å². The summed E-state index contributed by atoms with van der Waals surface area (Å²) in [5.74, 6) is 0.0607. The first-order chi connectivity index (χ1) is 12.0. The van der Waals surface area contributed by atoms with E-state index in [9.17, 15) is 4.79 Å². The van der Waals surface area contributed by atoms with Gasteiger partial charge in [0.15, 0.2) is 5.17 Å². The minimum absolute atomic E-state index is 0.0607. The summed E-state index contributed by atoms with van der Waals surface area (Å²) in [5, 5.41) is 4.49. The Labute approximate surface area is 163 Å². The SMILES string of the molecule is CC1S/C(=N\C2CCCCC2)N(C)C1CC(=O)Nc1ccc(Br)cc1. The molecule has 136 valence electrons. The number of benzene rings is 1. The maximum Gasteiger partial charge on any atom is 0.226 e. The summed E-state index contributed by atoms with van der Waals surface area (Å²) in [4.78, 5) is 19.6. The zero-order valence-electron chi connectivity index (χ0n) is 14.9. The Kier molecular flexibility index (Phi) is 6.44. The first-order valence-electron chi connectivity index (χ1n) is 9.05. The first kappa shape index (κ1) is 18.8. The van der Waals surface area contributed by atoms with Crippen LogP contribution < -0.4 is 5.32 Å². The monoisotopic (exact) mass is 423 g/mol. The highest BCUT2D eigenvalue weighted by Gasteiger charge is 2.35. The fourth-order valence-corrected chi connectivity index (χ4v) is 5.05. The van der Waals surface area contributed by atoms with E-state index in [0.717, 1.165) is 15.3 Å². The minimum atomic E-state index is 0.0607. The van der Waals surface area contributed by atoms with Crippen molar-refractivity contribution in [3.63, 3.8) is 0 Å². The summed E-state index contributed by atoms with van der Waals surface area (Å²) in [6.07, 6.45) is 6.85. The zero-order chi connectivity index (χ0) is 17.8. The molecule has 1 aliphatic carbocycles. The van der Waals surface area contributed by atoms with Crippen molar-refractivity contribution in [2.75, 3.05) is 12.4 Å². The quantitative estimate of drug-likeness (QED) is 0.748. The van der Waals surface area contributed by atoms with Gasteiger partial charge in [-0.05, 0) is 37.1 Å². The molecule has 2 aliphatic rings. The van der Waals surface area contributed by atoms with Gasteiger partial charge >= 0.3 is 0 Å². The number of halogens is 1. The van der Waals surface area contributed by atoms with Crippen LogP contribution in [0.5, 0.6) is 0 Å². The second-order valence-electron chi connectivity index (χ2n) is 6.96. The van der Waals surface area contributed by atoms with Crippen molar-refractivity contribution in [1.29, 1.82) is 0 Å². The molecule has 1 aliphatic heterocycles. The summed E-state index contributed by atoms with van der Waals surface area (Å²) in [6.45, 7) is 2.20. The molecule has 0 spiro atoms. The number of nitrogens with one attached hydrogen (secondary N) is 1. The van der Waals surface area contributed by atoms with E-state index in [4.69, 9.17) is 4.99 Å². The second-order valence-corrected chi connectivity index (χ2v) is 9.22. The van der Waals surface area contributed by atoms with Crippen LogP contribution in [0.15, 0.2) is 33.7 Å². The van der Waals surface area contributed by atoms with Crippen LogP contribution in [0.3, 0.4) is 0 Å². The molecule has 2 unspecified atom stereocenters. The standard InChI is InChI=1S/C19H26BrN3OS/c1-13-17(12-18(24)21-16-10-8-14(20)9-11-16)23(2)19(25-13)22-15-6-4-3-5-7-15/h8-11,13,15,17H,3-7,12H2,1-2H3,(H,21,24)/b22-19-. The van der Waals surface area contributed by atoms with E-state index < -0.39 is 0 Å². The number of hydrogen-bond acceptors (Lipinski definition) is 3. The number of thioether (sulfide) groups is 1. The number of carbonyl (C=O) groups excluding carboxylic acids is 1. The Balaban J connectivity index is 1.59. The zero-order valence-corrected chi connectivity index (χ0v) is 17.3. The van der Waals surface area contributed by atoms with Crippen molar-refractivity contribution in [3.8, 4) is 0 Å². The molecule has 0 radical (unpaired) electrons. The summed E-state index contributed by atoms with van der Waals surface area (Å²) < 4.78 is 1.01. The first-order valence-corrected chi connectivity index (χ1v) is 10.7. The number of amidine groups is 1. The van der Waals surface area contributed by atoms with Gasteiger partial charge in [0, 0.05) is 28.9 Å². The highest BCUT2D eigenvalue weighted by atomic mass is 79.9. The molecule has 25 heavy (non-hydrogen) atoms. The Morgan fingerprint density at radius 1 is 1.28 bits per heavy atom. The van der Waals surface area contributed by atoms with E-state index in [0.29, 0.717) is 17.7 Å². The van der Waals surface area contributed by atoms with Gasteiger partial charge in [-0.15, -0.1) is 0 Å². The molecule has 4 nitrogen and oxygen atoms in total. The van der Waals surface area contributed by atoms with Gasteiger partial charge < -0.3 is 10.2 Å². The van der Waals surface area contributed by atoms with Crippen molar-refractivity contribution in [3.05, 3.63) is 28.7 Å². The number of hydrogen-bond donors (Lipinski definition) is 1. The summed E-state index contributed by atoms with van der Waals surface area (Å²) in [5.41, 5.74) is 0.838. The number of rotatable bonds is 4. The predicted molar refractivity (Wildman–Crippen MR) is 110 cm³/mol. The number of anilines is 1. The Morgan fingerprint density at radius 3 is 2.64 bits per heavy atom. The summed E-state index contributed by atoms with van der Waals surface area (Å²) in [6, 6.07) is 8.36. The lowest BCUT2D eigenvalue weighted by Gasteiger charge is -2.24. The molecule has 1 N–H and O–H groups in total. The van der Waals surface area contributed by atoms with E-state index in [-0.39, 0.29) is 11.9 Å². The average molecular weight is 424 g/mol. The molecule has 1 aromatic rings. The van der Waals surface area contributed by atoms with E-state index >= 15 is 0 Å². The predicted octanol–water partition coefficient (Wildman–Crippen LogP) is 4.90. The van der Waals surface area contributed by atoms with Gasteiger partial charge in [0.25, 0.3) is 0 Å². The molecule has 1 aromatic carbocycles. The van der Waals surface area contributed by atoms with E-state index in [1.54, 1.807) is 0 Å². The fraction of sp³-hybridized carbons (Fsp3) is 0.579. The molecule has 1 saturated carbocycles. The van der Waals surface area contributed by atoms with Crippen molar-refractivity contribution < 1.29 is 4.79 Å². The minimum Gasteiger partial charge on any atom is -0.350 e. The maximum absolute atomic E-state index is 12.4. The van der Waals surface area contributed by atoms with E-state index in [1.165, 1.54) is 32.1 Å². The molecule has 3 rings (SSSR count). The number of amides is 1. The largest absolute Gasteiger partial charge is 0.350 e. The normalized spacial score (nSPS) is 26.2. The van der Waals surface area contributed by atoms with Gasteiger partial charge in [0.05, 0.1) is 12.1 Å². The van der Waals surface area contributed by atoms with Crippen LogP contribution in [0.2, 0.25) is 0 Å². The van der Waals surface area contributed by atoms with Crippen molar-refractivity contribution in [2.24, 2.45) is 4.99 Å². The second kappa shape index (κ2) is 8.58. The number of aliphatic imine (C=N–C) groups is 1. The highest BCUT2D eigenvalue weighted by Crippen LogP contribution is 2.34. The van der Waals surface area contributed by atoms with Gasteiger partial charge in [-0.1, -0.05) is 53.9 Å². The van der Waals surface area contributed by atoms with Crippen LogP contribution in [0, 0.1) is 0 Å². The molecule has 2 fully saturated rings. The Bertz CT molecular complexity index is 628. The molecule has 1 heterocycles. The molecule has 1 amide bonds. The number of nitrogens with zero attached hydrogens (tertiary/aromatic N) is 2. The molecule has 1 saturated heterocycles. The van der Waals surface area contributed by atoms with E-state index in [2.05, 4.69) is 40.1 Å². The smallest absolute Gasteiger partial charge is 0.226 e. The van der Waals surface area contributed by atoms with Crippen molar-refractivity contribution in [1.82, 2.24) is 4.90 Å². The van der Waals surface area contributed by atoms with Crippen LogP contribution in [0.4, 0.5) is 5.69 Å². The average Bonchev–Trinajstić information content (AvgIpc) is 2.85. The molecular formula is C19H26BrN3OS. The third kappa shape index (κ3) is 5.00. The molecule has 2 atom stereocenters. The van der Waals surface area contributed by atoms with Gasteiger partial charge in [0.2, 0.25) is 5.91 Å². The summed E-state index contributed by atoms with van der Waals surface area (Å²) >= 11 is 5.23. The van der Waals surface area contributed by atoms with Crippen LogP contribution in [0.1, 0.15) is 45.4 Å². The summed E-state index contributed by atoms with van der Waals surface area (Å²) in [7, 11) is 2.08. The molecule has 0 bridgehead atoms. The van der Waals surface area contributed by atoms with Gasteiger partial charge in [-0.25, -0.2) is 0 Å². The highest BCUT2D eigenvalue weighted by molar-refractivity contribution is 9.10. The molecule has 0 aromatic heterocycles. The van der Waals surface area contributed by atoms with Crippen LogP contribution in [0.25, 0.3) is 0 Å². The molecule has 6 heteroatoms. The van der Waals surface area contributed by atoms with Crippen LogP contribution in [-0.2, 0) is 4.79 Å². The van der Waals surface area contributed by atoms with Crippen molar-refractivity contribution >= 4 is 44.5 Å². The van der Waals surface area contributed by atoms with Gasteiger partial charge in [-0.3, -0.25) is 9.79 Å². The number of carbonyl (C=O) groups is 1.